The molecule has 116 valence electrons. The van der Waals surface area contributed by atoms with Crippen molar-refractivity contribution in [2.75, 3.05) is 7.05 Å². The summed E-state index contributed by atoms with van der Waals surface area (Å²) in [5.74, 6) is 0. The molecule has 0 aromatic carbocycles. The van der Waals surface area contributed by atoms with Crippen LogP contribution in [0.5, 0.6) is 0 Å². The van der Waals surface area contributed by atoms with E-state index < -0.39 is 0 Å². The summed E-state index contributed by atoms with van der Waals surface area (Å²) in [6.45, 7) is 7.52. The number of nitrogens with zero attached hydrogens (tertiary/aromatic N) is 3. The van der Waals surface area contributed by atoms with Gasteiger partial charge in [-0.1, -0.05) is 6.07 Å². The van der Waals surface area contributed by atoms with Crippen molar-refractivity contribution in [3.05, 3.63) is 53.1 Å². The van der Waals surface area contributed by atoms with Gasteiger partial charge in [-0.2, -0.15) is 0 Å². The maximum Gasteiger partial charge on any atom is 0.169 e. The second-order valence-electron chi connectivity index (χ2n) is 5.81. The summed E-state index contributed by atoms with van der Waals surface area (Å²) in [6.07, 6.45) is 1.84. The van der Waals surface area contributed by atoms with Crippen LogP contribution < -0.4 is 5.32 Å². The van der Waals surface area contributed by atoms with Gasteiger partial charge < -0.3 is 14.8 Å². The van der Waals surface area contributed by atoms with Crippen LogP contribution >= 0.6 is 12.2 Å². The summed E-state index contributed by atoms with van der Waals surface area (Å²) >= 11 is 5.49. The van der Waals surface area contributed by atoms with E-state index in [-0.39, 0.29) is 12.1 Å². The molecule has 0 amide bonds. The number of likely N-dealkylation sites (N-methyl/N-ethyl adjacent to an activating group) is 1. The summed E-state index contributed by atoms with van der Waals surface area (Å²) < 4.78 is 2.35. The van der Waals surface area contributed by atoms with E-state index in [1.165, 1.54) is 17.0 Å². The van der Waals surface area contributed by atoms with Crippen molar-refractivity contribution in [2.24, 2.45) is 0 Å². The third-order valence-corrected chi connectivity index (χ3v) is 4.99. The lowest BCUT2D eigenvalue weighted by molar-refractivity contribution is 0.366. The van der Waals surface area contributed by atoms with Crippen molar-refractivity contribution >= 4 is 17.3 Å². The second-order valence-corrected chi connectivity index (χ2v) is 6.19. The molecule has 0 aliphatic carbocycles. The van der Waals surface area contributed by atoms with Crippen LogP contribution in [-0.2, 0) is 6.54 Å². The number of hydrogen-bond acceptors (Lipinski definition) is 2. The van der Waals surface area contributed by atoms with E-state index in [1.807, 2.05) is 18.3 Å². The number of thiocarbonyl (C=S) groups is 1. The lowest BCUT2D eigenvalue weighted by Gasteiger charge is -2.24. The number of aryl methyl sites for hydroxylation is 1. The normalized spacial score (nSPS) is 21.3. The van der Waals surface area contributed by atoms with Crippen LogP contribution in [0.15, 0.2) is 30.5 Å². The van der Waals surface area contributed by atoms with Gasteiger partial charge in [-0.25, -0.2) is 0 Å². The Bertz CT molecular complexity index is 692. The minimum Gasteiger partial charge on any atom is -0.352 e. The first kappa shape index (κ1) is 15.0. The Morgan fingerprint density at radius 3 is 2.68 bits per heavy atom. The van der Waals surface area contributed by atoms with E-state index in [4.69, 9.17) is 12.2 Å². The summed E-state index contributed by atoms with van der Waals surface area (Å²) in [6, 6.07) is 8.58. The van der Waals surface area contributed by atoms with E-state index in [1.54, 1.807) is 0 Å². The first-order chi connectivity index (χ1) is 10.5. The van der Waals surface area contributed by atoms with Crippen molar-refractivity contribution in [2.45, 2.75) is 39.4 Å². The minimum atomic E-state index is 0.0875. The average Bonchev–Trinajstić information content (AvgIpc) is 2.97. The monoisotopic (exact) mass is 314 g/mol. The predicted octanol–water partition coefficient (Wildman–Crippen LogP) is 3.12. The van der Waals surface area contributed by atoms with Gasteiger partial charge in [-0.15, -0.1) is 0 Å². The fourth-order valence-electron chi connectivity index (χ4n) is 3.46. The van der Waals surface area contributed by atoms with Gasteiger partial charge in [0.2, 0.25) is 0 Å². The maximum absolute atomic E-state index is 5.49. The Hall–Kier alpha value is -1.88. The van der Waals surface area contributed by atoms with Crippen LogP contribution in [0.1, 0.15) is 41.7 Å². The van der Waals surface area contributed by atoms with E-state index in [2.05, 4.69) is 59.7 Å². The van der Waals surface area contributed by atoms with E-state index in [0.29, 0.717) is 0 Å². The van der Waals surface area contributed by atoms with Gasteiger partial charge in [0.15, 0.2) is 5.11 Å². The van der Waals surface area contributed by atoms with E-state index in [9.17, 15) is 0 Å². The molecule has 0 radical (unpaired) electrons. The van der Waals surface area contributed by atoms with Crippen LogP contribution in [0.4, 0.5) is 0 Å². The van der Waals surface area contributed by atoms with Gasteiger partial charge in [0, 0.05) is 31.2 Å². The summed E-state index contributed by atoms with van der Waals surface area (Å²) in [4.78, 5) is 6.68. The van der Waals surface area contributed by atoms with Crippen LogP contribution in [-0.4, -0.2) is 26.6 Å². The fourth-order valence-corrected chi connectivity index (χ4v) is 3.70. The van der Waals surface area contributed by atoms with Gasteiger partial charge in [-0.3, -0.25) is 4.98 Å². The van der Waals surface area contributed by atoms with Crippen LogP contribution in [0, 0.1) is 13.8 Å². The van der Waals surface area contributed by atoms with Gasteiger partial charge in [0.25, 0.3) is 0 Å². The molecule has 2 aromatic heterocycles. The minimum absolute atomic E-state index is 0.0875. The molecular weight excluding hydrogens is 292 g/mol. The quantitative estimate of drug-likeness (QED) is 0.883. The Balaban J connectivity index is 2.08. The molecule has 5 heteroatoms. The molecule has 4 nitrogen and oxygen atoms in total. The molecule has 1 aliphatic rings. The predicted molar refractivity (Wildman–Crippen MR) is 92.8 cm³/mol. The molecule has 3 heterocycles. The Kier molecular flexibility index (Phi) is 3.91. The Morgan fingerprint density at radius 2 is 2.09 bits per heavy atom. The summed E-state index contributed by atoms with van der Waals surface area (Å²) in [7, 11) is 2.06. The summed E-state index contributed by atoms with van der Waals surface area (Å²) in [5, 5.41) is 4.21. The smallest absolute Gasteiger partial charge is 0.169 e. The molecule has 0 bridgehead atoms. The third kappa shape index (κ3) is 2.29. The molecule has 1 saturated heterocycles. The zero-order chi connectivity index (χ0) is 15.9. The van der Waals surface area contributed by atoms with Gasteiger partial charge >= 0.3 is 0 Å². The largest absolute Gasteiger partial charge is 0.352 e. The average molecular weight is 314 g/mol. The number of hydrogen-bond donors (Lipinski definition) is 1. The summed E-state index contributed by atoms with van der Waals surface area (Å²) in [5.41, 5.74) is 4.95. The Labute approximate surface area is 137 Å². The molecule has 22 heavy (non-hydrogen) atoms. The van der Waals surface area contributed by atoms with Crippen molar-refractivity contribution in [1.82, 2.24) is 19.8 Å². The molecule has 1 aliphatic heterocycles. The van der Waals surface area contributed by atoms with Gasteiger partial charge in [0.1, 0.15) is 0 Å². The number of rotatable bonds is 3. The highest BCUT2D eigenvalue weighted by atomic mass is 32.1. The number of aromatic nitrogens is 2. The first-order valence-corrected chi connectivity index (χ1v) is 8.06. The molecule has 2 atom stereocenters. The second kappa shape index (κ2) is 5.72. The van der Waals surface area contributed by atoms with E-state index in [0.717, 1.165) is 17.4 Å². The van der Waals surface area contributed by atoms with Crippen LogP contribution in [0.25, 0.3) is 0 Å². The number of nitrogens with one attached hydrogen (secondary N) is 1. The van der Waals surface area contributed by atoms with Gasteiger partial charge in [0.05, 0.1) is 17.8 Å². The molecule has 2 aromatic rings. The van der Waals surface area contributed by atoms with Gasteiger partial charge in [-0.05, 0) is 56.8 Å². The highest BCUT2D eigenvalue weighted by molar-refractivity contribution is 7.80. The standard InChI is InChI=1S/C17H22N4S/c1-5-21-11(2)10-13(12(21)3)16-15(19-17(22)20(16)4)14-8-6-7-9-18-14/h6-10,15-16H,5H2,1-4H3,(H,19,22)/t15-,16-/m1/s1. The Morgan fingerprint density at radius 1 is 1.32 bits per heavy atom. The molecule has 3 rings (SSSR count). The highest BCUT2D eigenvalue weighted by Crippen LogP contribution is 2.39. The molecule has 0 saturated carbocycles. The maximum atomic E-state index is 5.49. The molecule has 0 spiro atoms. The first-order valence-electron chi connectivity index (χ1n) is 7.65. The van der Waals surface area contributed by atoms with E-state index >= 15 is 0 Å². The number of pyridine rings is 1. The topological polar surface area (TPSA) is 33.1 Å². The third-order valence-electron chi connectivity index (χ3n) is 4.59. The highest BCUT2D eigenvalue weighted by Gasteiger charge is 2.39. The van der Waals surface area contributed by atoms with Crippen molar-refractivity contribution < 1.29 is 0 Å². The van der Waals surface area contributed by atoms with Crippen LogP contribution in [0.2, 0.25) is 0 Å². The lowest BCUT2D eigenvalue weighted by Crippen LogP contribution is -2.25. The lowest BCUT2D eigenvalue weighted by atomic mass is 9.97. The fraction of sp³-hybridized carbons (Fsp3) is 0.412. The van der Waals surface area contributed by atoms with Crippen LogP contribution in [0.3, 0.4) is 0 Å². The molecule has 0 unspecified atom stereocenters. The zero-order valence-corrected chi connectivity index (χ0v) is 14.3. The van der Waals surface area contributed by atoms with Crippen molar-refractivity contribution in [3.63, 3.8) is 0 Å². The molecular formula is C17H22N4S. The SMILES string of the molecule is CCn1c(C)cc([C@@H]2[C@@H](c3ccccn3)NC(=S)N2C)c1C. The molecule has 1 N–H and O–H groups in total. The molecule has 1 fully saturated rings. The zero-order valence-electron chi connectivity index (χ0n) is 13.5. The van der Waals surface area contributed by atoms with Crippen molar-refractivity contribution in [3.8, 4) is 0 Å². The van der Waals surface area contributed by atoms with Crippen molar-refractivity contribution in [1.29, 1.82) is 0 Å².